The second-order valence-electron chi connectivity index (χ2n) is 4.88. The summed E-state index contributed by atoms with van der Waals surface area (Å²) in [6.45, 7) is 0. The first-order chi connectivity index (χ1) is 11.6. The molecular weight excluding hydrogens is 351 g/mol. The standard InChI is InChI=1S/C17H14Cl2N2O3/c1-22-13-7-5-10(15(23-2)16(13)24-3)14-11-8-9(18)4-6-12(11)20-17(19)21-14/h4-8H,1-3H3. The van der Waals surface area contributed by atoms with Crippen LogP contribution in [0.4, 0.5) is 0 Å². The number of rotatable bonds is 4. The van der Waals surface area contributed by atoms with Crippen LogP contribution in [-0.4, -0.2) is 31.3 Å². The van der Waals surface area contributed by atoms with E-state index in [1.165, 1.54) is 0 Å². The predicted octanol–water partition coefficient (Wildman–Crippen LogP) is 4.63. The van der Waals surface area contributed by atoms with Gasteiger partial charge in [-0.3, -0.25) is 0 Å². The molecule has 0 bridgehead atoms. The Morgan fingerprint density at radius 2 is 1.58 bits per heavy atom. The van der Waals surface area contributed by atoms with Crippen molar-refractivity contribution in [1.29, 1.82) is 0 Å². The summed E-state index contributed by atoms with van der Waals surface area (Å²) in [4.78, 5) is 8.61. The topological polar surface area (TPSA) is 53.5 Å². The average molecular weight is 365 g/mol. The molecule has 0 radical (unpaired) electrons. The minimum Gasteiger partial charge on any atom is -0.493 e. The first-order valence-electron chi connectivity index (χ1n) is 7.01. The summed E-state index contributed by atoms with van der Waals surface area (Å²) in [5.41, 5.74) is 1.99. The lowest BCUT2D eigenvalue weighted by molar-refractivity contribution is 0.325. The highest BCUT2D eigenvalue weighted by atomic mass is 35.5. The molecule has 1 heterocycles. The Bertz CT molecular complexity index is 916. The van der Waals surface area contributed by atoms with Gasteiger partial charge in [0.1, 0.15) is 0 Å². The summed E-state index contributed by atoms with van der Waals surface area (Å²) in [5, 5.41) is 1.48. The quantitative estimate of drug-likeness (QED) is 0.631. The third-order valence-electron chi connectivity index (χ3n) is 3.59. The predicted molar refractivity (Wildman–Crippen MR) is 94.7 cm³/mol. The summed E-state index contributed by atoms with van der Waals surface area (Å²) in [7, 11) is 4.67. The van der Waals surface area contributed by atoms with E-state index in [1.54, 1.807) is 45.6 Å². The summed E-state index contributed by atoms with van der Waals surface area (Å²) in [6, 6.07) is 8.95. The van der Waals surface area contributed by atoms with Crippen molar-refractivity contribution >= 4 is 34.1 Å². The van der Waals surface area contributed by atoms with Gasteiger partial charge in [0.2, 0.25) is 11.0 Å². The van der Waals surface area contributed by atoms with Crippen molar-refractivity contribution in [1.82, 2.24) is 9.97 Å². The summed E-state index contributed by atoms with van der Waals surface area (Å²) < 4.78 is 16.3. The van der Waals surface area contributed by atoms with Gasteiger partial charge in [0, 0.05) is 16.0 Å². The molecule has 0 spiro atoms. The fraction of sp³-hybridized carbons (Fsp3) is 0.176. The van der Waals surface area contributed by atoms with E-state index in [0.717, 1.165) is 5.39 Å². The number of fused-ring (bicyclic) bond motifs is 1. The molecule has 1 aromatic heterocycles. The lowest BCUT2D eigenvalue weighted by Crippen LogP contribution is -1.99. The van der Waals surface area contributed by atoms with Crippen molar-refractivity contribution in [3.05, 3.63) is 40.6 Å². The van der Waals surface area contributed by atoms with E-state index in [0.29, 0.717) is 39.0 Å². The number of aromatic nitrogens is 2. The number of hydrogen-bond donors (Lipinski definition) is 0. The van der Waals surface area contributed by atoms with E-state index in [2.05, 4.69) is 9.97 Å². The van der Waals surface area contributed by atoms with E-state index >= 15 is 0 Å². The highest BCUT2D eigenvalue weighted by molar-refractivity contribution is 6.31. The third-order valence-corrected chi connectivity index (χ3v) is 3.99. The molecule has 5 nitrogen and oxygen atoms in total. The Morgan fingerprint density at radius 1 is 0.833 bits per heavy atom. The molecule has 0 N–H and O–H groups in total. The van der Waals surface area contributed by atoms with Gasteiger partial charge in [0.15, 0.2) is 11.5 Å². The van der Waals surface area contributed by atoms with Crippen LogP contribution in [0.15, 0.2) is 30.3 Å². The van der Waals surface area contributed by atoms with Crippen LogP contribution in [0.2, 0.25) is 10.3 Å². The van der Waals surface area contributed by atoms with E-state index in [1.807, 2.05) is 6.07 Å². The normalized spacial score (nSPS) is 10.7. The van der Waals surface area contributed by atoms with Crippen LogP contribution in [0.25, 0.3) is 22.2 Å². The Labute approximate surface area is 149 Å². The van der Waals surface area contributed by atoms with Crippen molar-refractivity contribution in [3.8, 4) is 28.5 Å². The Kier molecular flexibility index (Phi) is 4.64. The second kappa shape index (κ2) is 6.71. The van der Waals surface area contributed by atoms with Crippen molar-refractivity contribution in [2.24, 2.45) is 0 Å². The maximum atomic E-state index is 6.13. The molecule has 0 atom stereocenters. The molecule has 124 valence electrons. The van der Waals surface area contributed by atoms with Gasteiger partial charge < -0.3 is 14.2 Å². The Balaban J connectivity index is 2.37. The van der Waals surface area contributed by atoms with Crippen LogP contribution in [0.3, 0.4) is 0 Å². The SMILES string of the molecule is COc1ccc(-c2nc(Cl)nc3ccc(Cl)cc23)c(OC)c1OC. The van der Waals surface area contributed by atoms with Gasteiger partial charge in [-0.1, -0.05) is 11.6 Å². The molecular formula is C17H14Cl2N2O3. The van der Waals surface area contributed by atoms with Crippen LogP contribution < -0.4 is 14.2 Å². The smallest absolute Gasteiger partial charge is 0.223 e. The van der Waals surface area contributed by atoms with Crippen LogP contribution >= 0.6 is 23.2 Å². The van der Waals surface area contributed by atoms with Gasteiger partial charge >= 0.3 is 0 Å². The van der Waals surface area contributed by atoms with Gasteiger partial charge in [-0.05, 0) is 41.9 Å². The number of hydrogen-bond acceptors (Lipinski definition) is 5. The molecule has 0 saturated heterocycles. The molecule has 0 aliphatic rings. The van der Waals surface area contributed by atoms with Crippen molar-refractivity contribution in [2.75, 3.05) is 21.3 Å². The third kappa shape index (κ3) is 2.81. The molecule has 0 aliphatic heterocycles. The lowest BCUT2D eigenvalue weighted by atomic mass is 10.0. The highest BCUT2D eigenvalue weighted by Crippen LogP contribution is 2.45. The summed E-state index contributed by atoms with van der Waals surface area (Å²) in [6.07, 6.45) is 0. The van der Waals surface area contributed by atoms with Gasteiger partial charge in [-0.25, -0.2) is 9.97 Å². The zero-order valence-electron chi connectivity index (χ0n) is 13.3. The minimum absolute atomic E-state index is 0.136. The minimum atomic E-state index is 0.136. The van der Waals surface area contributed by atoms with Crippen molar-refractivity contribution in [3.63, 3.8) is 0 Å². The zero-order chi connectivity index (χ0) is 17.3. The molecule has 7 heteroatoms. The van der Waals surface area contributed by atoms with Crippen LogP contribution in [0.1, 0.15) is 0 Å². The van der Waals surface area contributed by atoms with Crippen molar-refractivity contribution in [2.45, 2.75) is 0 Å². The van der Waals surface area contributed by atoms with Crippen LogP contribution in [-0.2, 0) is 0 Å². The number of ether oxygens (including phenoxy) is 3. The van der Waals surface area contributed by atoms with E-state index in [-0.39, 0.29) is 5.28 Å². The second-order valence-corrected chi connectivity index (χ2v) is 5.66. The van der Waals surface area contributed by atoms with Crippen LogP contribution in [0.5, 0.6) is 17.2 Å². The molecule has 0 amide bonds. The van der Waals surface area contributed by atoms with Crippen LogP contribution in [0, 0.1) is 0 Å². The van der Waals surface area contributed by atoms with E-state index < -0.39 is 0 Å². The highest BCUT2D eigenvalue weighted by Gasteiger charge is 2.20. The van der Waals surface area contributed by atoms with E-state index in [4.69, 9.17) is 37.4 Å². The molecule has 0 unspecified atom stereocenters. The first-order valence-corrected chi connectivity index (χ1v) is 7.76. The molecule has 0 saturated carbocycles. The maximum Gasteiger partial charge on any atom is 0.223 e. The number of benzene rings is 2. The lowest BCUT2D eigenvalue weighted by Gasteiger charge is -2.16. The molecule has 2 aromatic carbocycles. The zero-order valence-corrected chi connectivity index (χ0v) is 14.8. The fourth-order valence-corrected chi connectivity index (χ4v) is 2.91. The fourth-order valence-electron chi connectivity index (χ4n) is 2.57. The Morgan fingerprint density at radius 3 is 2.25 bits per heavy atom. The average Bonchev–Trinajstić information content (AvgIpc) is 2.59. The van der Waals surface area contributed by atoms with Gasteiger partial charge in [-0.15, -0.1) is 0 Å². The summed E-state index contributed by atoms with van der Waals surface area (Å²) in [5.74, 6) is 1.52. The van der Waals surface area contributed by atoms with Gasteiger partial charge in [-0.2, -0.15) is 0 Å². The maximum absolute atomic E-state index is 6.13. The number of nitrogens with zero attached hydrogens (tertiary/aromatic N) is 2. The molecule has 0 fully saturated rings. The first kappa shape index (κ1) is 16.6. The molecule has 24 heavy (non-hydrogen) atoms. The summed E-state index contributed by atoms with van der Waals surface area (Å²) >= 11 is 12.2. The van der Waals surface area contributed by atoms with Gasteiger partial charge in [0.25, 0.3) is 0 Å². The molecule has 3 aromatic rings. The van der Waals surface area contributed by atoms with E-state index in [9.17, 15) is 0 Å². The molecule has 3 rings (SSSR count). The monoisotopic (exact) mass is 364 g/mol. The number of halogens is 2. The van der Waals surface area contributed by atoms with Gasteiger partial charge in [0.05, 0.1) is 32.5 Å². The van der Waals surface area contributed by atoms with Crippen molar-refractivity contribution < 1.29 is 14.2 Å². The number of methoxy groups -OCH3 is 3. The molecule has 0 aliphatic carbocycles. The largest absolute Gasteiger partial charge is 0.493 e. The Hall–Kier alpha value is -2.24.